The number of pyridine rings is 1. The molecule has 0 atom stereocenters. The van der Waals surface area contributed by atoms with Gasteiger partial charge in [-0.25, -0.2) is 12.8 Å². The van der Waals surface area contributed by atoms with Crippen LogP contribution in [0.5, 0.6) is 0 Å². The smallest absolute Gasteiger partial charge is 0.250 e. The predicted octanol–water partition coefficient (Wildman–Crippen LogP) is 2.72. The molecular formula is C16H18ClFN2O3S. The van der Waals surface area contributed by atoms with Crippen LogP contribution in [-0.2, 0) is 16.6 Å². The molecule has 0 bridgehead atoms. The maximum Gasteiger partial charge on any atom is 0.250 e. The average Bonchev–Trinajstić information content (AvgIpc) is 2.53. The first kappa shape index (κ1) is 18.6. The number of rotatable bonds is 6. The number of benzene rings is 1. The van der Waals surface area contributed by atoms with Gasteiger partial charge in [-0.3, -0.25) is 4.79 Å². The Labute approximate surface area is 145 Å². The maximum absolute atomic E-state index is 13.9. The zero-order chi connectivity index (χ0) is 17.9. The molecule has 5 nitrogen and oxygen atoms in total. The molecule has 0 aliphatic rings. The predicted molar refractivity (Wildman–Crippen MR) is 91.3 cm³/mol. The van der Waals surface area contributed by atoms with E-state index in [1.807, 2.05) is 0 Å². The fourth-order valence-electron chi connectivity index (χ4n) is 2.35. The minimum absolute atomic E-state index is 0.0155. The third kappa shape index (κ3) is 3.68. The molecule has 0 unspecified atom stereocenters. The van der Waals surface area contributed by atoms with E-state index >= 15 is 0 Å². The van der Waals surface area contributed by atoms with Gasteiger partial charge in [-0.15, -0.1) is 0 Å². The van der Waals surface area contributed by atoms with Crippen LogP contribution in [0.15, 0.2) is 46.2 Å². The molecule has 0 aliphatic carbocycles. The Morgan fingerprint density at radius 3 is 2.42 bits per heavy atom. The van der Waals surface area contributed by atoms with E-state index in [0.717, 1.165) is 10.6 Å². The molecule has 1 aromatic carbocycles. The Kier molecular flexibility index (Phi) is 5.79. The molecule has 0 fully saturated rings. The third-order valence-corrected chi connectivity index (χ3v) is 6.08. The Balaban J connectivity index is 2.49. The van der Waals surface area contributed by atoms with Crippen LogP contribution in [0, 0.1) is 5.82 Å². The Bertz CT molecular complexity index is 872. The van der Waals surface area contributed by atoms with E-state index in [-0.39, 0.29) is 22.0 Å². The minimum atomic E-state index is -3.71. The quantitative estimate of drug-likeness (QED) is 0.783. The maximum atomic E-state index is 13.9. The second-order valence-electron chi connectivity index (χ2n) is 5.12. The molecule has 24 heavy (non-hydrogen) atoms. The lowest BCUT2D eigenvalue weighted by Gasteiger charge is -2.19. The van der Waals surface area contributed by atoms with Crippen molar-refractivity contribution < 1.29 is 12.8 Å². The van der Waals surface area contributed by atoms with Crippen molar-refractivity contribution in [3.8, 4) is 0 Å². The average molecular weight is 373 g/mol. The lowest BCUT2D eigenvalue weighted by atomic mass is 10.2. The molecule has 0 saturated carbocycles. The van der Waals surface area contributed by atoms with Crippen molar-refractivity contribution in [1.82, 2.24) is 8.87 Å². The zero-order valence-corrected chi connectivity index (χ0v) is 14.9. The van der Waals surface area contributed by atoms with E-state index in [4.69, 9.17) is 11.6 Å². The van der Waals surface area contributed by atoms with Crippen LogP contribution < -0.4 is 5.56 Å². The Morgan fingerprint density at radius 1 is 1.17 bits per heavy atom. The van der Waals surface area contributed by atoms with Gasteiger partial charge in [0.25, 0.3) is 5.56 Å². The van der Waals surface area contributed by atoms with Gasteiger partial charge < -0.3 is 4.57 Å². The number of nitrogens with zero attached hydrogens (tertiary/aromatic N) is 2. The molecule has 2 aromatic rings. The molecule has 130 valence electrons. The summed E-state index contributed by atoms with van der Waals surface area (Å²) >= 11 is 5.97. The van der Waals surface area contributed by atoms with Crippen LogP contribution in [0.1, 0.15) is 19.4 Å². The summed E-state index contributed by atoms with van der Waals surface area (Å²) < 4.78 is 41.4. The number of halogens is 2. The third-order valence-electron chi connectivity index (χ3n) is 3.69. The second-order valence-corrected chi connectivity index (χ2v) is 7.47. The van der Waals surface area contributed by atoms with Gasteiger partial charge in [0.2, 0.25) is 10.0 Å². The van der Waals surface area contributed by atoms with Crippen LogP contribution in [0.4, 0.5) is 4.39 Å². The van der Waals surface area contributed by atoms with Crippen molar-refractivity contribution >= 4 is 21.6 Å². The molecule has 0 spiro atoms. The van der Waals surface area contributed by atoms with Gasteiger partial charge in [-0.1, -0.05) is 31.5 Å². The van der Waals surface area contributed by atoms with E-state index in [1.54, 1.807) is 13.8 Å². The molecule has 1 aromatic heterocycles. The highest BCUT2D eigenvalue weighted by Gasteiger charge is 2.22. The van der Waals surface area contributed by atoms with Crippen molar-refractivity contribution in [1.29, 1.82) is 0 Å². The van der Waals surface area contributed by atoms with Crippen LogP contribution >= 0.6 is 11.6 Å². The summed E-state index contributed by atoms with van der Waals surface area (Å²) in [5.74, 6) is -0.550. The van der Waals surface area contributed by atoms with Gasteiger partial charge in [0.05, 0.1) is 11.4 Å². The second kappa shape index (κ2) is 7.46. The van der Waals surface area contributed by atoms with Crippen molar-refractivity contribution in [3.05, 3.63) is 63.3 Å². The van der Waals surface area contributed by atoms with Gasteiger partial charge >= 0.3 is 0 Å². The molecule has 0 radical (unpaired) electrons. The summed E-state index contributed by atoms with van der Waals surface area (Å²) in [5.41, 5.74) is -0.300. The lowest BCUT2D eigenvalue weighted by Crippen LogP contribution is -2.32. The van der Waals surface area contributed by atoms with Gasteiger partial charge in [-0.05, 0) is 18.2 Å². The van der Waals surface area contributed by atoms with Crippen LogP contribution in [0.2, 0.25) is 5.02 Å². The summed E-state index contributed by atoms with van der Waals surface area (Å²) in [6, 6.07) is 6.63. The Morgan fingerprint density at radius 2 is 1.83 bits per heavy atom. The van der Waals surface area contributed by atoms with Crippen LogP contribution in [0.25, 0.3) is 0 Å². The Hall–Kier alpha value is -1.70. The fraction of sp³-hybridized carbons (Fsp3) is 0.312. The SMILES string of the molecule is CCN(CC)S(=O)(=O)c1ccc(=O)n(Cc2c(F)cccc2Cl)c1. The summed E-state index contributed by atoms with van der Waals surface area (Å²) in [7, 11) is -3.71. The molecule has 0 amide bonds. The lowest BCUT2D eigenvalue weighted by molar-refractivity contribution is 0.444. The molecule has 0 N–H and O–H groups in total. The largest absolute Gasteiger partial charge is 0.310 e. The van der Waals surface area contributed by atoms with Crippen molar-refractivity contribution in [3.63, 3.8) is 0 Å². The molecule has 8 heteroatoms. The zero-order valence-electron chi connectivity index (χ0n) is 13.4. The summed E-state index contributed by atoms with van der Waals surface area (Å²) in [5, 5.41) is 0.180. The monoisotopic (exact) mass is 372 g/mol. The minimum Gasteiger partial charge on any atom is -0.310 e. The first-order valence-electron chi connectivity index (χ1n) is 7.44. The van der Waals surface area contributed by atoms with E-state index in [0.29, 0.717) is 13.1 Å². The van der Waals surface area contributed by atoms with Crippen LogP contribution in [-0.4, -0.2) is 30.4 Å². The highest BCUT2D eigenvalue weighted by Crippen LogP contribution is 2.20. The van der Waals surface area contributed by atoms with E-state index in [9.17, 15) is 17.6 Å². The molecule has 1 heterocycles. The first-order chi connectivity index (χ1) is 11.3. The van der Waals surface area contributed by atoms with Crippen LogP contribution in [0.3, 0.4) is 0 Å². The fourth-order valence-corrected chi connectivity index (χ4v) is 4.05. The van der Waals surface area contributed by atoms with Gasteiger partial charge in [-0.2, -0.15) is 4.31 Å². The molecule has 0 saturated heterocycles. The van der Waals surface area contributed by atoms with Gasteiger partial charge in [0, 0.05) is 35.9 Å². The number of sulfonamides is 1. The van der Waals surface area contributed by atoms with Gasteiger partial charge in [0.15, 0.2) is 0 Å². The van der Waals surface area contributed by atoms with Crippen molar-refractivity contribution in [2.45, 2.75) is 25.3 Å². The van der Waals surface area contributed by atoms with E-state index in [1.165, 1.54) is 34.8 Å². The summed E-state index contributed by atoms with van der Waals surface area (Å²) in [6.07, 6.45) is 1.22. The normalized spacial score (nSPS) is 11.9. The molecule has 2 rings (SSSR count). The first-order valence-corrected chi connectivity index (χ1v) is 9.26. The number of hydrogen-bond donors (Lipinski definition) is 0. The van der Waals surface area contributed by atoms with E-state index in [2.05, 4.69) is 0 Å². The van der Waals surface area contributed by atoms with Gasteiger partial charge in [0.1, 0.15) is 5.82 Å². The standard InChI is InChI=1S/C16H18ClFN2O3S/c1-3-20(4-2)24(22,23)12-8-9-16(21)19(10-12)11-13-14(17)6-5-7-15(13)18/h5-10H,3-4,11H2,1-2H3. The van der Waals surface area contributed by atoms with Crippen molar-refractivity contribution in [2.24, 2.45) is 0 Å². The summed E-state index contributed by atoms with van der Waals surface area (Å²) in [6.45, 7) is 3.95. The topological polar surface area (TPSA) is 59.4 Å². The number of hydrogen-bond acceptors (Lipinski definition) is 3. The molecule has 0 aliphatic heterocycles. The van der Waals surface area contributed by atoms with E-state index < -0.39 is 21.4 Å². The number of aromatic nitrogens is 1. The molecular weight excluding hydrogens is 355 g/mol. The summed E-state index contributed by atoms with van der Waals surface area (Å²) in [4.78, 5) is 12.0. The highest BCUT2D eigenvalue weighted by atomic mass is 35.5. The van der Waals surface area contributed by atoms with Crippen molar-refractivity contribution in [2.75, 3.05) is 13.1 Å². The highest BCUT2D eigenvalue weighted by molar-refractivity contribution is 7.89.